The Kier molecular flexibility index (Phi) is 11.8. The summed E-state index contributed by atoms with van der Waals surface area (Å²) in [5.41, 5.74) is 2.52. The lowest BCUT2D eigenvalue weighted by Gasteiger charge is -2.14. The Morgan fingerprint density at radius 3 is 2.04 bits per heavy atom. The summed E-state index contributed by atoms with van der Waals surface area (Å²) in [4.78, 5) is 11.5. The van der Waals surface area contributed by atoms with E-state index in [1.54, 1.807) is 0 Å². The summed E-state index contributed by atoms with van der Waals surface area (Å²) in [7, 11) is 1.35. The second kappa shape index (κ2) is 13.7. The van der Waals surface area contributed by atoms with Crippen molar-refractivity contribution in [2.75, 3.05) is 7.11 Å². The molecule has 0 atom stereocenters. The highest BCUT2D eigenvalue weighted by atomic mass is 16.7. The first-order valence-corrected chi connectivity index (χ1v) is 10.1. The molecule has 1 aromatic carbocycles. The van der Waals surface area contributed by atoms with Gasteiger partial charge in [-0.3, -0.25) is 0 Å². The van der Waals surface area contributed by atoms with E-state index >= 15 is 0 Å². The van der Waals surface area contributed by atoms with E-state index < -0.39 is 6.16 Å². The molecular formula is C22H36O3. The molecule has 0 aliphatic heterocycles. The van der Waals surface area contributed by atoms with Crippen molar-refractivity contribution in [2.45, 2.75) is 90.9 Å². The summed E-state index contributed by atoms with van der Waals surface area (Å²) in [6.45, 7) is 4.47. The average molecular weight is 349 g/mol. The van der Waals surface area contributed by atoms with Crippen molar-refractivity contribution in [3.63, 3.8) is 0 Å². The lowest BCUT2D eigenvalue weighted by molar-refractivity contribution is 0.121. The van der Waals surface area contributed by atoms with E-state index in [9.17, 15) is 4.79 Å². The molecule has 0 N–H and O–H groups in total. The third kappa shape index (κ3) is 8.94. The number of unbranched alkanes of at least 4 members (excludes halogenated alkanes) is 8. The monoisotopic (exact) mass is 348 g/mol. The lowest BCUT2D eigenvalue weighted by Crippen LogP contribution is -2.10. The summed E-state index contributed by atoms with van der Waals surface area (Å²) in [6.07, 6.45) is 14.0. The first kappa shape index (κ1) is 21.5. The van der Waals surface area contributed by atoms with E-state index in [1.165, 1.54) is 76.0 Å². The van der Waals surface area contributed by atoms with Crippen LogP contribution in [0.5, 0.6) is 5.75 Å². The number of aryl methyl sites for hydroxylation is 1. The molecule has 25 heavy (non-hydrogen) atoms. The van der Waals surface area contributed by atoms with Crippen LogP contribution in [0, 0.1) is 0 Å². The van der Waals surface area contributed by atoms with Gasteiger partial charge in [0.2, 0.25) is 0 Å². The third-order valence-corrected chi connectivity index (χ3v) is 4.67. The summed E-state index contributed by atoms with van der Waals surface area (Å²) in [5, 5.41) is 0. The molecule has 3 heteroatoms. The Morgan fingerprint density at radius 2 is 1.44 bits per heavy atom. The molecule has 0 amide bonds. The SMILES string of the molecule is CCCCCCCc1cccc(OC(=O)OC)c1CCCCCCC. The van der Waals surface area contributed by atoms with Gasteiger partial charge in [-0.05, 0) is 42.9 Å². The Bertz CT molecular complexity index is 482. The van der Waals surface area contributed by atoms with Crippen molar-refractivity contribution in [1.29, 1.82) is 0 Å². The first-order valence-electron chi connectivity index (χ1n) is 10.1. The summed E-state index contributed by atoms with van der Waals surface area (Å²) in [5.74, 6) is 0.674. The van der Waals surface area contributed by atoms with Gasteiger partial charge in [-0.25, -0.2) is 4.79 Å². The molecular weight excluding hydrogens is 312 g/mol. The molecule has 0 radical (unpaired) electrons. The molecule has 0 aliphatic rings. The summed E-state index contributed by atoms with van der Waals surface area (Å²) in [6, 6.07) is 6.06. The van der Waals surface area contributed by atoms with Crippen LogP contribution in [0.4, 0.5) is 4.79 Å². The van der Waals surface area contributed by atoms with Gasteiger partial charge in [0.25, 0.3) is 0 Å². The van der Waals surface area contributed by atoms with Gasteiger partial charge in [-0.1, -0.05) is 77.3 Å². The maximum atomic E-state index is 11.5. The molecule has 0 saturated carbocycles. The quantitative estimate of drug-likeness (QED) is 0.222. The smallest absolute Gasteiger partial charge is 0.437 e. The van der Waals surface area contributed by atoms with Gasteiger partial charge < -0.3 is 9.47 Å². The Balaban J connectivity index is 2.71. The number of benzene rings is 1. The van der Waals surface area contributed by atoms with E-state index in [-0.39, 0.29) is 0 Å². The average Bonchev–Trinajstić information content (AvgIpc) is 2.62. The molecule has 142 valence electrons. The Hall–Kier alpha value is -1.51. The number of carbonyl (C=O) groups is 1. The normalized spacial score (nSPS) is 10.7. The van der Waals surface area contributed by atoms with E-state index in [2.05, 4.69) is 24.7 Å². The maximum absolute atomic E-state index is 11.5. The van der Waals surface area contributed by atoms with E-state index in [0.29, 0.717) is 5.75 Å². The van der Waals surface area contributed by atoms with Crippen molar-refractivity contribution in [2.24, 2.45) is 0 Å². The zero-order chi connectivity index (χ0) is 18.3. The predicted molar refractivity (Wildman–Crippen MR) is 104 cm³/mol. The van der Waals surface area contributed by atoms with Gasteiger partial charge >= 0.3 is 6.16 Å². The Morgan fingerprint density at radius 1 is 0.840 bits per heavy atom. The number of carbonyl (C=O) groups excluding carboxylic acids is 1. The van der Waals surface area contributed by atoms with Crippen molar-refractivity contribution in [3.05, 3.63) is 29.3 Å². The lowest BCUT2D eigenvalue weighted by atomic mass is 9.95. The minimum absolute atomic E-state index is 0.632. The fraction of sp³-hybridized carbons (Fsp3) is 0.682. The molecule has 3 nitrogen and oxygen atoms in total. The van der Waals surface area contributed by atoms with E-state index in [4.69, 9.17) is 4.74 Å². The Labute approximate surface area is 154 Å². The third-order valence-electron chi connectivity index (χ3n) is 4.67. The number of hydrogen-bond donors (Lipinski definition) is 0. The highest BCUT2D eigenvalue weighted by molar-refractivity contribution is 5.64. The van der Waals surface area contributed by atoms with Crippen LogP contribution in [0.25, 0.3) is 0 Å². The second-order valence-electron chi connectivity index (χ2n) is 6.78. The van der Waals surface area contributed by atoms with E-state index in [0.717, 1.165) is 19.3 Å². The van der Waals surface area contributed by atoms with Crippen LogP contribution in [0.1, 0.15) is 89.2 Å². The summed E-state index contributed by atoms with van der Waals surface area (Å²) >= 11 is 0. The fourth-order valence-corrected chi connectivity index (χ4v) is 3.18. The van der Waals surface area contributed by atoms with Crippen LogP contribution in [0.2, 0.25) is 0 Å². The predicted octanol–water partition coefficient (Wildman–Crippen LogP) is 6.86. The van der Waals surface area contributed by atoms with Crippen molar-refractivity contribution in [3.8, 4) is 5.75 Å². The van der Waals surface area contributed by atoms with Gasteiger partial charge in [0.05, 0.1) is 7.11 Å². The minimum Gasteiger partial charge on any atom is -0.437 e. The van der Waals surface area contributed by atoms with Crippen LogP contribution in [-0.4, -0.2) is 13.3 Å². The molecule has 0 saturated heterocycles. The summed E-state index contributed by atoms with van der Waals surface area (Å²) < 4.78 is 10.1. The van der Waals surface area contributed by atoms with Gasteiger partial charge in [0.1, 0.15) is 5.75 Å². The highest BCUT2D eigenvalue weighted by Crippen LogP contribution is 2.27. The van der Waals surface area contributed by atoms with Crippen LogP contribution in [0.3, 0.4) is 0 Å². The molecule has 0 heterocycles. The first-order chi connectivity index (χ1) is 12.2. The van der Waals surface area contributed by atoms with Gasteiger partial charge in [-0.2, -0.15) is 0 Å². The molecule has 0 aromatic heterocycles. The molecule has 1 rings (SSSR count). The number of methoxy groups -OCH3 is 1. The number of rotatable bonds is 13. The highest BCUT2D eigenvalue weighted by Gasteiger charge is 2.13. The number of ether oxygens (including phenoxy) is 2. The minimum atomic E-state index is -0.632. The standard InChI is InChI=1S/C22H36O3/c1-4-6-8-10-12-15-19-16-14-18-21(25-22(23)24-3)20(19)17-13-11-9-7-5-2/h14,16,18H,4-13,15,17H2,1-3H3. The van der Waals surface area contributed by atoms with Crippen molar-refractivity contribution >= 4 is 6.16 Å². The zero-order valence-electron chi connectivity index (χ0n) is 16.4. The number of hydrogen-bond acceptors (Lipinski definition) is 3. The van der Waals surface area contributed by atoms with Gasteiger partial charge in [0.15, 0.2) is 0 Å². The molecule has 0 aliphatic carbocycles. The van der Waals surface area contributed by atoms with Gasteiger partial charge in [0, 0.05) is 0 Å². The second-order valence-corrected chi connectivity index (χ2v) is 6.78. The molecule has 0 fully saturated rings. The molecule has 1 aromatic rings. The molecule has 0 bridgehead atoms. The van der Waals surface area contributed by atoms with Crippen LogP contribution in [0.15, 0.2) is 18.2 Å². The van der Waals surface area contributed by atoms with E-state index in [1.807, 2.05) is 12.1 Å². The van der Waals surface area contributed by atoms with Crippen molar-refractivity contribution in [1.82, 2.24) is 0 Å². The van der Waals surface area contributed by atoms with Crippen LogP contribution in [-0.2, 0) is 17.6 Å². The molecule has 0 spiro atoms. The van der Waals surface area contributed by atoms with Gasteiger partial charge in [-0.15, -0.1) is 0 Å². The fourth-order valence-electron chi connectivity index (χ4n) is 3.18. The largest absolute Gasteiger partial charge is 0.513 e. The zero-order valence-corrected chi connectivity index (χ0v) is 16.4. The molecule has 0 unspecified atom stereocenters. The van der Waals surface area contributed by atoms with Crippen LogP contribution >= 0.6 is 0 Å². The van der Waals surface area contributed by atoms with Crippen molar-refractivity contribution < 1.29 is 14.3 Å². The maximum Gasteiger partial charge on any atom is 0.513 e. The topological polar surface area (TPSA) is 35.5 Å². The van der Waals surface area contributed by atoms with Crippen LogP contribution < -0.4 is 4.74 Å².